The minimum absolute atomic E-state index is 0.0120. The van der Waals surface area contributed by atoms with Gasteiger partial charge in [0.1, 0.15) is 0 Å². The summed E-state index contributed by atoms with van der Waals surface area (Å²) in [5.74, 6) is 0.375. The van der Waals surface area contributed by atoms with Crippen LogP contribution in [-0.4, -0.2) is 22.4 Å². The van der Waals surface area contributed by atoms with Crippen LogP contribution >= 0.6 is 0 Å². The van der Waals surface area contributed by atoms with E-state index < -0.39 is 6.09 Å². The SMILES string of the molecule is CCOC(=O)N=Nc1c(O)n(CC(C)C)c2ccccc12. The Morgan fingerprint density at radius 3 is 2.76 bits per heavy atom. The number of para-hydroxylation sites is 1. The monoisotopic (exact) mass is 289 g/mol. The lowest BCUT2D eigenvalue weighted by atomic mass is 10.2. The average Bonchev–Trinajstić information content (AvgIpc) is 2.70. The number of fused-ring (bicyclic) bond motifs is 1. The Labute approximate surface area is 123 Å². The quantitative estimate of drug-likeness (QED) is 0.855. The number of aromatic hydroxyl groups is 1. The van der Waals surface area contributed by atoms with Gasteiger partial charge in [0.2, 0.25) is 5.88 Å². The lowest BCUT2D eigenvalue weighted by molar-refractivity contribution is 0.162. The molecule has 6 heteroatoms. The smallest absolute Gasteiger partial charge is 0.452 e. The van der Waals surface area contributed by atoms with Gasteiger partial charge in [0.15, 0.2) is 5.69 Å². The van der Waals surface area contributed by atoms with Crippen molar-refractivity contribution in [1.82, 2.24) is 4.57 Å². The summed E-state index contributed by atoms with van der Waals surface area (Å²) < 4.78 is 6.48. The van der Waals surface area contributed by atoms with Gasteiger partial charge in [-0.3, -0.25) is 0 Å². The second kappa shape index (κ2) is 6.39. The summed E-state index contributed by atoms with van der Waals surface area (Å²) in [4.78, 5) is 11.3. The zero-order valence-electron chi connectivity index (χ0n) is 12.4. The van der Waals surface area contributed by atoms with E-state index in [0.717, 1.165) is 10.9 Å². The summed E-state index contributed by atoms with van der Waals surface area (Å²) in [5.41, 5.74) is 1.15. The fourth-order valence-electron chi connectivity index (χ4n) is 2.16. The van der Waals surface area contributed by atoms with E-state index in [1.165, 1.54) is 0 Å². The minimum Gasteiger partial charge on any atom is -0.493 e. The van der Waals surface area contributed by atoms with Crippen molar-refractivity contribution in [2.75, 3.05) is 6.61 Å². The van der Waals surface area contributed by atoms with Gasteiger partial charge in [0.05, 0.1) is 12.1 Å². The fourth-order valence-corrected chi connectivity index (χ4v) is 2.16. The molecule has 0 unspecified atom stereocenters. The number of hydrogen-bond acceptors (Lipinski definition) is 4. The Hall–Kier alpha value is -2.37. The molecule has 0 aliphatic rings. The molecule has 0 aliphatic carbocycles. The predicted octanol–water partition coefficient (Wildman–Crippen LogP) is 4.24. The van der Waals surface area contributed by atoms with Gasteiger partial charge in [0.25, 0.3) is 0 Å². The van der Waals surface area contributed by atoms with Crippen molar-refractivity contribution in [2.45, 2.75) is 27.3 Å². The van der Waals surface area contributed by atoms with Crippen molar-refractivity contribution >= 4 is 22.7 Å². The molecule has 2 aromatic rings. The van der Waals surface area contributed by atoms with Crippen molar-refractivity contribution in [3.05, 3.63) is 24.3 Å². The van der Waals surface area contributed by atoms with Crippen LogP contribution < -0.4 is 0 Å². The summed E-state index contributed by atoms with van der Waals surface area (Å²) in [6.45, 7) is 6.71. The van der Waals surface area contributed by atoms with Gasteiger partial charge < -0.3 is 14.4 Å². The van der Waals surface area contributed by atoms with Crippen molar-refractivity contribution in [1.29, 1.82) is 0 Å². The Morgan fingerprint density at radius 2 is 2.10 bits per heavy atom. The molecule has 0 saturated heterocycles. The molecule has 6 nitrogen and oxygen atoms in total. The van der Waals surface area contributed by atoms with Crippen LogP contribution in [0.2, 0.25) is 0 Å². The Bertz CT molecular complexity index is 674. The van der Waals surface area contributed by atoms with Crippen LogP contribution in [0.15, 0.2) is 34.5 Å². The third-order valence-corrected chi connectivity index (χ3v) is 2.96. The summed E-state index contributed by atoms with van der Waals surface area (Å²) in [5, 5.41) is 18.5. The first-order chi connectivity index (χ1) is 10.0. The molecule has 21 heavy (non-hydrogen) atoms. The number of ether oxygens (including phenoxy) is 1. The van der Waals surface area contributed by atoms with Crippen LogP contribution in [-0.2, 0) is 11.3 Å². The van der Waals surface area contributed by atoms with E-state index in [2.05, 4.69) is 24.1 Å². The number of carbonyl (C=O) groups excluding carboxylic acids is 1. The number of benzene rings is 1. The second-order valence-corrected chi connectivity index (χ2v) is 5.09. The molecular formula is C15H19N3O3. The van der Waals surface area contributed by atoms with Crippen molar-refractivity contribution < 1.29 is 14.6 Å². The minimum atomic E-state index is -0.766. The van der Waals surface area contributed by atoms with Crippen LogP contribution in [0.1, 0.15) is 20.8 Å². The van der Waals surface area contributed by atoms with E-state index in [4.69, 9.17) is 4.74 Å². The van der Waals surface area contributed by atoms with E-state index in [9.17, 15) is 9.90 Å². The molecule has 1 aromatic carbocycles. The first-order valence-electron chi connectivity index (χ1n) is 6.93. The molecule has 0 atom stereocenters. The molecule has 0 radical (unpaired) electrons. The number of azo groups is 1. The summed E-state index contributed by atoms with van der Waals surface area (Å²) in [7, 11) is 0. The molecule has 112 valence electrons. The van der Waals surface area contributed by atoms with Crippen molar-refractivity contribution in [3.63, 3.8) is 0 Å². The van der Waals surface area contributed by atoms with Crippen LogP contribution in [0.4, 0.5) is 10.5 Å². The Kier molecular flexibility index (Phi) is 4.57. The zero-order chi connectivity index (χ0) is 15.4. The number of carbonyl (C=O) groups is 1. The molecule has 0 aliphatic heterocycles. The zero-order valence-corrected chi connectivity index (χ0v) is 12.4. The van der Waals surface area contributed by atoms with Crippen LogP contribution in [0.3, 0.4) is 0 Å². The summed E-state index contributed by atoms with van der Waals surface area (Å²) >= 11 is 0. The van der Waals surface area contributed by atoms with Gasteiger partial charge in [-0.05, 0) is 18.9 Å². The number of amides is 1. The highest BCUT2D eigenvalue weighted by Gasteiger charge is 2.17. The average molecular weight is 289 g/mol. The molecule has 1 N–H and O–H groups in total. The normalized spacial score (nSPS) is 11.6. The largest absolute Gasteiger partial charge is 0.493 e. The Balaban J connectivity index is 2.48. The van der Waals surface area contributed by atoms with E-state index in [1.54, 1.807) is 11.5 Å². The summed E-state index contributed by atoms with van der Waals surface area (Å²) in [6, 6.07) is 7.49. The van der Waals surface area contributed by atoms with Crippen LogP contribution in [0, 0.1) is 5.92 Å². The lowest BCUT2D eigenvalue weighted by Crippen LogP contribution is -2.03. The second-order valence-electron chi connectivity index (χ2n) is 5.09. The van der Waals surface area contributed by atoms with Gasteiger partial charge in [-0.2, -0.15) is 0 Å². The number of hydrogen-bond donors (Lipinski definition) is 1. The molecule has 1 heterocycles. The fraction of sp³-hybridized carbons (Fsp3) is 0.400. The molecule has 1 aromatic heterocycles. The lowest BCUT2D eigenvalue weighted by Gasteiger charge is -2.09. The number of rotatable bonds is 4. The highest BCUT2D eigenvalue weighted by Crippen LogP contribution is 2.39. The molecule has 0 saturated carbocycles. The first-order valence-corrected chi connectivity index (χ1v) is 6.93. The predicted molar refractivity (Wildman–Crippen MR) is 80.0 cm³/mol. The highest BCUT2D eigenvalue weighted by molar-refractivity contribution is 5.95. The highest BCUT2D eigenvalue weighted by atomic mass is 16.5. The van der Waals surface area contributed by atoms with Crippen LogP contribution in [0.25, 0.3) is 10.9 Å². The first kappa shape index (κ1) is 15.0. The molecule has 0 bridgehead atoms. The topological polar surface area (TPSA) is 76.2 Å². The molecular weight excluding hydrogens is 270 g/mol. The Morgan fingerprint density at radius 1 is 1.38 bits per heavy atom. The third-order valence-electron chi connectivity index (χ3n) is 2.96. The maximum atomic E-state index is 11.3. The summed E-state index contributed by atoms with van der Waals surface area (Å²) in [6.07, 6.45) is -0.766. The molecule has 2 rings (SSSR count). The maximum absolute atomic E-state index is 11.3. The van der Waals surface area contributed by atoms with Gasteiger partial charge in [-0.25, -0.2) is 4.79 Å². The van der Waals surface area contributed by atoms with Gasteiger partial charge in [0, 0.05) is 11.9 Å². The van der Waals surface area contributed by atoms with Crippen molar-refractivity contribution in [3.8, 4) is 5.88 Å². The third kappa shape index (κ3) is 3.21. The van der Waals surface area contributed by atoms with Crippen molar-refractivity contribution in [2.24, 2.45) is 16.1 Å². The molecule has 0 spiro atoms. The standard InChI is InChI=1S/C15H19N3O3/c1-4-21-15(20)17-16-13-11-7-5-6-8-12(11)18(14(13)19)9-10(2)3/h5-8,10,19H,4,9H2,1-3H3. The van der Waals surface area contributed by atoms with E-state index in [1.807, 2.05) is 24.3 Å². The molecule has 1 amide bonds. The van der Waals surface area contributed by atoms with Gasteiger partial charge in [-0.15, -0.1) is 5.11 Å². The number of nitrogens with zero attached hydrogens (tertiary/aromatic N) is 3. The van der Waals surface area contributed by atoms with Gasteiger partial charge in [-0.1, -0.05) is 37.2 Å². The van der Waals surface area contributed by atoms with E-state index in [0.29, 0.717) is 18.2 Å². The van der Waals surface area contributed by atoms with E-state index >= 15 is 0 Å². The maximum Gasteiger partial charge on any atom is 0.452 e. The molecule has 0 fully saturated rings. The van der Waals surface area contributed by atoms with E-state index in [-0.39, 0.29) is 12.5 Å². The van der Waals surface area contributed by atoms with Gasteiger partial charge >= 0.3 is 6.09 Å². The number of aromatic nitrogens is 1. The van der Waals surface area contributed by atoms with Crippen LogP contribution in [0.5, 0.6) is 5.88 Å².